The van der Waals surface area contributed by atoms with Crippen LogP contribution in [0.4, 0.5) is 11.4 Å². The number of nitrogens with zero attached hydrogens (tertiary/aromatic N) is 3. The maximum Gasteiger partial charge on any atom is 0.234 e. The van der Waals surface area contributed by atoms with Gasteiger partial charge in [0.2, 0.25) is 11.8 Å². The predicted octanol–water partition coefficient (Wildman–Crippen LogP) is 5.41. The Balaban J connectivity index is 1.42. The second-order valence-corrected chi connectivity index (χ2v) is 9.27. The van der Waals surface area contributed by atoms with Gasteiger partial charge in [-0.2, -0.15) is 0 Å². The topological polar surface area (TPSA) is 105 Å². The van der Waals surface area contributed by atoms with Crippen LogP contribution in [0.25, 0.3) is 28.0 Å². The normalized spacial score (nSPS) is 10.9. The van der Waals surface area contributed by atoms with Gasteiger partial charge in [-0.15, -0.1) is 10.2 Å². The number of H-pyrrole nitrogens is 1. The minimum atomic E-state index is -0.188. The number of hydrogen-bond donors (Lipinski definition) is 3. The average molecular weight is 497 g/mol. The molecule has 0 radical (unpaired) electrons. The second kappa shape index (κ2) is 10.1. The summed E-state index contributed by atoms with van der Waals surface area (Å²) < 4.78 is 1.98. The number of amides is 2. The molecule has 5 rings (SSSR count). The van der Waals surface area contributed by atoms with Gasteiger partial charge in [0.15, 0.2) is 11.0 Å². The number of aryl methyl sites for hydroxylation is 1. The molecule has 0 aliphatic rings. The van der Waals surface area contributed by atoms with Gasteiger partial charge in [-0.25, -0.2) is 0 Å². The Morgan fingerprint density at radius 3 is 2.53 bits per heavy atom. The van der Waals surface area contributed by atoms with Crippen LogP contribution in [-0.4, -0.2) is 37.3 Å². The zero-order chi connectivity index (χ0) is 25.1. The van der Waals surface area contributed by atoms with Crippen molar-refractivity contribution in [3.63, 3.8) is 0 Å². The van der Waals surface area contributed by atoms with E-state index in [1.54, 1.807) is 24.3 Å². The van der Waals surface area contributed by atoms with E-state index in [9.17, 15) is 9.59 Å². The van der Waals surface area contributed by atoms with E-state index in [1.807, 2.05) is 60.2 Å². The van der Waals surface area contributed by atoms with E-state index in [0.717, 1.165) is 27.7 Å². The van der Waals surface area contributed by atoms with Gasteiger partial charge in [0.25, 0.3) is 0 Å². The number of para-hydroxylation sites is 1. The van der Waals surface area contributed by atoms with Crippen LogP contribution in [0.2, 0.25) is 0 Å². The van der Waals surface area contributed by atoms with Crippen LogP contribution < -0.4 is 10.6 Å². The molecule has 180 valence electrons. The van der Waals surface area contributed by atoms with Crippen molar-refractivity contribution in [1.29, 1.82) is 0 Å². The van der Waals surface area contributed by atoms with E-state index >= 15 is 0 Å². The molecule has 0 spiro atoms. The number of fused-ring (bicyclic) bond motifs is 1. The Hall–Kier alpha value is -4.37. The molecule has 3 N–H and O–H groups in total. The number of aromatic amines is 1. The number of nitrogens with one attached hydrogen (secondary N) is 3. The summed E-state index contributed by atoms with van der Waals surface area (Å²) >= 11 is 1.31. The first-order valence-electron chi connectivity index (χ1n) is 11.4. The van der Waals surface area contributed by atoms with E-state index in [2.05, 4.69) is 31.9 Å². The number of benzene rings is 3. The molecule has 36 heavy (non-hydrogen) atoms. The van der Waals surface area contributed by atoms with E-state index in [4.69, 9.17) is 0 Å². The first kappa shape index (κ1) is 23.4. The summed E-state index contributed by atoms with van der Waals surface area (Å²) in [6.45, 7) is 3.48. The lowest BCUT2D eigenvalue weighted by Crippen LogP contribution is -2.15. The third-order valence-electron chi connectivity index (χ3n) is 5.52. The number of hydrogen-bond acceptors (Lipinski definition) is 5. The van der Waals surface area contributed by atoms with Crippen LogP contribution >= 0.6 is 11.8 Å². The van der Waals surface area contributed by atoms with Crippen LogP contribution in [0.5, 0.6) is 0 Å². The highest BCUT2D eigenvalue weighted by molar-refractivity contribution is 7.99. The van der Waals surface area contributed by atoms with Gasteiger partial charge in [0, 0.05) is 46.6 Å². The highest BCUT2D eigenvalue weighted by Gasteiger charge is 2.20. The van der Waals surface area contributed by atoms with Crippen LogP contribution in [0.1, 0.15) is 12.5 Å². The summed E-state index contributed by atoms with van der Waals surface area (Å²) in [5.41, 5.74) is 5.21. The van der Waals surface area contributed by atoms with Gasteiger partial charge in [-0.3, -0.25) is 14.2 Å². The molecule has 0 fully saturated rings. The van der Waals surface area contributed by atoms with Crippen LogP contribution in [0, 0.1) is 6.92 Å². The molecule has 0 aliphatic carbocycles. The molecular weight excluding hydrogens is 472 g/mol. The molecule has 2 aromatic heterocycles. The van der Waals surface area contributed by atoms with Crippen LogP contribution in [0.15, 0.2) is 84.1 Å². The first-order chi connectivity index (χ1) is 17.5. The molecule has 0 saturated carbocycles. The van der Waals surface area contributed by atoms with Crippen molar-refractivity contribution in [2.24, 2.45) is 0 Å². The van der Waals surface area contributed by atoms with E-state index in [-0.39, 0.29) is 17.6 Å². The summed E-state index contributed by atoms with van der Waals surface area (Å²) in [6.07, 6.45) is 1.93. The predicted molar refractivity (Wildman–Crippen MR) is 143 cm³/mol. The summed E-state index contributed by atoms with van der Waals surface area (Å²) in [6, 6.07) is 23.2. The fourth-order valence-corrected chi connectivity index (χ4v) is 4.75. The summed E-state index contributed by atoms with van der Waals surface area (Å²) in [4.78, 5) is 27.4. The van der Waals surface area contributed by atoms with E-state index in [1.165, 1.54) is 18.7 Å². The van der Waals surface area contributed by atoms with Gasteiger partial charge < -0.3 is 15.6 Å². The van der Waals surface area contributed by atoms with Gasteiger partial charge in [-0.1, -0.05) is 48.2 Å². The lowest BCUT2D eigenvalue weighted by atomic mass is 10.1. The van der Waals surface area contributed by atoms with E-state index < -0.39 is 0 Å². The number of rotatable bonds is 7. The number of carbonyl (C=O) groups is 2. The molecule has 5 aromatic rings. The molecule has 2 amide bonds. The molecular formula is C27H24N6O2S. The van der Waals surface area contributed by atoms with Gasteiger partial charge in [-0.05, 0) is 48.9 Å². The Morgan fingerprint density at radius 2 is 1.72 bits per heavy atom. The third kappa shape index (κ3) is 5.01. The van der Waals surface area contributed by atoms with Crippen molar-refractivity contribution in [3.05, 3.63) is 84.6 Å². The molecule has 0 saturated heterocycles. The smallest absolute Gasteiger partial charge is 0.234 e. The standard InChI is InChI=1S/C27H24N6O2S/c1-17-7-5-10-21(13-17)33-26(23-15-28-24-12-4-3-11-22(23)24)31-32-27(33)36-16-25(35)30-20-9-6-8-19(14-20)29-18(2)34/h3-15,28H,16H2,1-2H3,(H,29,34)(H,30,35). The zero-order valence-electron chi connectivity index (χ0n) is 19.8. The molecule has 0 atom stereocenters. The maximum atomic E-state index is 12.7. The van der Waals surface area contributed by atoms with Crippen molar-refractivity contribution in [1.82, 2.24) is 19.7 Å². The van der Waals surface area contributed by atoms with Gasteiger partial charge in [0.05, 0.1) is 5.75 Å². The molecule has 0 aliphatic heterocycles. The molecule has 3 aromatic carbocycles. The number of anilines is 2. The Labute approximate surface area is 212 Å². The Morgan fingerprint density at radius 1 is 0.944 bits per heavy atom. The average Bonchev–Trinajstić information content (AvgIpc) is 3.46. The van der Waals surface area contributed by atoms with Crippen molar-refractivity contribution in [2.45, 2.75) is 19.0 Å². The van der Waals surface area contributed by atoms with Crippen molar-refractivity contribution in [2.75, 3.05) is 16.4 Å². The Kier molecular flexibility index (Phi) is 6.55. The van der Waals surface area contributed by atoms with Crippen molar-refractivity contribution < 1.29 is 9.59 Å². The molecule has 0 unspecified atom stereocenters. The minimum absolute atomic E-state index is 0.141. The SMILES string of the molecule is CC(=O)Nc1cccc(NC(=O)CSc2nnc(-c3c[nH]c4ccccc34)n2-c2cccc(C)c2)c1. The fourth-order valence-electron chi connectivity index (χ4n) is 4.00. The largest absolute Gasteiger partial charge is 0.360 e. The molecule has 8 nitrogen and oxygen atoms in total. The lowest BCUT2D eigenvalue weighted by molar-refractivity contribution is -0.114. The lowest BCUT2D eigenvalue weighted by Gasteiger charge is -2.11. The van der Waals surface area contributed by atoms with Crippen molar-refractivity contribution in [3.8, 4) is 17.1 Å². The molecule has 2 heterocycles. The van der Waals surface area contributed by atoms with Crippen LogP contribution in [0.3, 0.4) is 0 Å². The summed E-state index contributed by atoms with van der Waals surface area (Å²) in [5.74, 6) is 0.481. The van der Waals surface area contributed by atoms with Gasteiger partial charge in [0.1, 0.15) is 0 Å². The molecule has 0 bridgehead atoms. The molecule has 9 heteroatoms. The minimum Gasteiger partial charge on any atom is -0.360 e. The highest BCUT2D eigenvalue weighted by atomic mass is 32.2. The second-order valence-electron chi connectivity index (χ2n) is 8.33. The van der Waals surface area contributed by atoms with Crippen LogP contribution in [-0.2, 0) is 9.59 Å². The summed E-state index contributed by atoms with van der Waals surface area (Å²) in [5, 5.41) is 16.2. The zero-order valence-corrected chi connectivity index (χ0v) is 20.6. The first-order valence-corrected chi connectivity index (χ1v) is 12.4. The highest BCUT2D eigenvalue weighted by Crippen LogP contribution is 2.32. The van der Waals surface area contributed by atoms with E-state index in [0.29, 0.717) is 22.4 Å². The van der Waals surface area contributed by atoms with Crippen molar-refractivity contribution >= 4 is 45.9 Å². The Bertz CT molecular complexity index is 1570. The quantitative estimate of drug-likeness (QED) is 0.261. The number of carbonyl (C=O) groups excluding carboxylic acids is 2. The monoisotopic (exact) mass is 496 g/mol. The van der Waals surface area contributed by atoms with Gasteiger partial charge >= 0.3 is 0 Å². The fraction of sp³-hybridized carbons (Fsp3) is 0.111. The number of thioether (sulfide) groups is 1. The third-order valence-corrected chi connectivity index (χ3v) is 6.45. The number of aromatic nitrogens is 4. The maximum absolute atomic E-state index is 12.7. The summed E-state index contributed by atoms with van der Waals surface area (Å²) in [7, 11) is 0.